The first-order valence-electron chi connectivity index (χ1n) is 8.57. The van der Waals surface area contributed by atoms with Crippen LogP contribution in [0.15, 0.2) is 0 Å². The molecule has 0 bridgehead atoms. The number of aliphatic hydroxyl groups is 1. The van der Waals surface area contributed by atoms with Gasteiger partial charge in [0.2, 0.25) is 17.7 Å². The molecule has 0 aromatic heterocycles. The van der Waals surface area contributed by atoms with Crippen molar-refractivity contribution in [3.63, 3.8) is 0 Å². The number of carbonyl (C=O) groups excluding carboxylic acids is 3. The summed E-state index contributed by atoms with van der Waals surface area (Å²) >= 11 is 1.54. The molecule has 0 fully saturated rings. The van der Waals surface area contributed by atoms with Crippen LogP contribution in [0.2, 0.25) is 0 Å². The highest BCUT2D eigenvalue weighted by Crippen LogP contribution is 2.05. The molecule has 7 N–H and O–H groups in total. The Hall–Kier alpha value is -1.85. The molecular weight excluding hydrogens is 376 g/mol. The molecule has 0 rings (SSSR count). The van der Waals surface area contributed by atoms with Crippen molar-refractivity contribution in [2.24, 2.45) is 11.7 Å². The topological polar surface area (TPSA) is 171 Å². The molecule has 0 aromatic rings. The van der Waals surface area contributed by atoms with E-state index in [0.29, 0.717) is 12.2 Å². The fraction of sp³-hybridized carbons (Fsp3) is 0.750. The van der Waals surface area contributed by atoms with Crippen LogP contribution in [0.5, 0.6) is 0 Å². The second-order valence-electron chi connectivity index (χ2n) is 6.44. The number of rotatable bonds is 13. The summed E-state index contributed by atoms with van der Waals surface area (Å²) in [6.45, 7) is 2.48. The molecule has 0 aliphatic rings. The largest absolute Gasteiger partial charge is 0.480 e. The molecule has 11 heteroatoms. The van der Waals surface area contributed by atoms with Crippen molar-refractivity contribution in [2.75, 3.05) is 25.2 Å². The zero-order chi connectivity index (χ0) is 21.0. The summed E-state index contributed by atoms with van der Waals surface area (Å²) in [5.74, 6) is -2.49. The number of amides is 3. The molecular formula is C16H30N4O6S. The van der Waals surface area contributed by atoms with Crippen LogP contribution < -0.4 is 21.7 Å². The van der Waals surface area contributed by atoms with Crippen molar-refractivity contribution in [3.05, 3.63) is 0 Å². The van der Waals surface area contributed by atoms with Gasteiger partial charge < -0.3 is 31.9 Å². The number of hydrogen-bond acceptors (Lipinski definition) is 7. The predicted octanol–water partition coefficient (Wildman–Crippen LogP) is -1.72. The van der Waals surface area contributed by atoms with E-state index in [1.807, 2.05) is 6.26 Å². The summed E-state index contributed by atoms with van der Waals surface area (Å²) in [5, 5.41) is 25.3. The highest BCUT2D eigenvalue weighted by Gasteiger charge is 2.26. The molecule has 27 heavy (non-hydrogen) atoms. The molecule has 0 spiro atoms. The van der Waals surface area contributed by atoms with Crippen LogP contribution in [0.3, 0.4) is 0 Å². The molecule has 3 amide bonds. The molecule has 0 radical (unpaired) electrons. The van der Waals surface area contributed by atoms with Crippen molar-refractivity contribution in [1.82, 2.24) is 16.0 Å². The minimum atomic E-state index is -1.33. The van der Waals surface area contributed by atoms with Gasteiger partial charge in [0, 0.05) is 0 Å². The van der Waals surface area contributed by atoms with Crippen LogP contribution in [0, 0.1) is 5.92 Å². The second-order valence-corrected chi connectivity index (χ2v) is 7.42. The number of carboxylic acid groups (broad SMARTS) is 1. The Labute approximate surface area is 163 Å². The summed E-state index contributed by atoms with van der Waals surface area (Å²) < 4.78 is 0. The van der Waals surface area contributed by atoms with Crippen LogP contribution in [-0.4, -0.2) is 77.2 Å². The first-order valence-corrected chi connectivity index (χ1v) is 9.97. The fourth-order valence-electron chi connectivity index (χ4n) is 2.08. The monoisotopic (exact) mass is 406 g/mol. The average molecular weight is 407 g/mol. The quantitative estimate of drug-likeness (QED) is 0.210. The van der Waals surface area contributed by atoms with Gasteiger partial charge in [-0.05, 0) is 30.8 Å². The van der Waals surface area contributed by atoms with Crippen LogP contribution in [0.1, 0.15) is 26.7 Å². The SMILES string of the molecule is CSCCC(N)C(=O)NCC(=O)NC(CO)C(=O)NC(CC(C)C)C(=O)O. The van der Waals surface area contributed by atoms with Gasteiger partial charge in [0.05, 0.1) is 19.2 Å². The molecule has 3 atom stereocenters. The Bertz CT molecular complexity index is 517. The van der Waals surface area contributed by atoms with Gasteiger partial charge in [-0.15, -0.1) is 0 Å². The zero-order valence-electron chi connectivity index (χ0n) is 15.9. The van der Waals surface area contributed by atoms with E-state index in [1.165, 1.54) is 0 Å². The van der Waals surface area contributed by atoms with Crippen molar-refractivity contribution in [1.29, 1.82) is 0 Å². The van der Waals surface area contributed by atoms with Gasteiger partial charge in [-0.25, -0.2) is 4.79 Å². The Morgan fingerprint density at radius 1 is 1.07 bits per heavy atom. The van der Waals surface area contributed by atoms with Gasteiger partial charge in [-0.3, -0.25) is 14.4 Å². The van der Waals surface area contributed by atoms with E-state index in [9.17, 15) is 24.3 Å². The molecule has 0 heterocycles. The molecule has 3 unspecified atom stereocenters. The Kier molecular flexibility index (Phi) is 12.4. The number of carboxylic acids is 1. The standard InChI is InChI=1S/C16H30N4O6S/c1-9(2)6-11(16(25)26)20-15(24)12(8-21)19-13(22)7-18-14(23)10(17)4-5-27-3/h9-12,21H,4-8,17H2,1-3H3,(H,18,23)(H,19,22)(H,20,24)(H,25,26). The Morgan fingerprint density at radius 3 is 2.19 bits per heavy atom. The first kappa shape index (κ1) is 25.1. The molecule has 156 valence electrons. The maximum Gasteiger partial charge on any atom is 0.326 e. The van der Waals surface area contributed by atoms with Crippen molar-refractivity contribution < 1.29 is 29.4 Å². The van der Waals surface area contributed by atoms with E-state index < -0.39 is 55.0 Å². The number of carbonyl (C=O) groups is 4. The van der Waals surface area contributed by atoms with Crippen LogP contribution in [0.4, 0.5) is 0 Å². The third kappa shape index (κ3) is 10.8. The van der Waals surface area contributed by atoms with E-state index in [2.05, 4.69) is 16.0 Å². The summed E-state index contributed by atoms with van der Waals surface area (Å²) in [5.41, 5.74) is 5.67. The molecule has 0 saturated heterocycles. The lowest BCUT2D eigenvalue weighted by Crippen LogP contribution is -2.55. The van der Waals surface area contributed by atoms with E-state index in [-0.39, 0.29) is 12.3 Å². The highest BCUT2D eigenvalue weighted by atomic mass is 32.2. The van der Waals surface area contributed by atoms with E-state index in [4.69, 9.17) is 10.8 Å². The minimum Gasteiger partial charge on any atom is -0.480 e. The summed E-state index contributed by atoms with van der Waals surface area (Å²) in [7, 11) is 0. The fourth-order valence-corrected chi connectivity index (χ4v) is 2.57. The zero-order valence-corrected chi connectivity index (χ0v) is 16.7. The number of nitrogens with one attached hydrogen (secondary N) is 3. The summed E-state index contributed by atoms with van der Waals surface area (Å²) in [6.07, 6.45) is 2.55. The Balaban J connectivity index is 4.55. The molecule has 0 aromatic carbocycles. The number of nitrogens with two attached hydrogens (primary N) is 1. The molecule has 0 aliphatic carbocycles. The molecule has 0 saturated carbocycles. The van der Waals surface area contributed by atoms with Gasteiger partial charge in [-0.1, -0.05) is 13.8 Å². The van der Waals surface area contributed by atoms with Crippen molar-refractivity contribution >= 4 is 35.5 Å². The van der Waals surface area contributed by atoms with Crippen LogP contribution in [-0.2, 0) is 19.2 Å². The van der Waals surface area contributed by atoms with E-state index >= 15 is 0 Å². The van der Waals surface area contributed by atoms with Crippen LogP contribution >= 0.6 is 11.8 Å². The van der Waals surface area contributed by atoms with Gasteiger partial charge in [0.1, 0.15) is 12.1 Å². The van der Waals surface area contributed by atoms with Gasteiger partial charge in [-0.2, -0.15) is 11.8 Å². The molecule has 10 nitrogen and oxygen atoms in total. The number of aliphatic hydroxyl groups excluding tert-OH is 1. The van der Waals surface area contributed by atoms with Crippen LogP contribution in [0.25, 0.3) is 0 Å². The highest BCUT2D eigenvalue weighted by molar-refractivity contribution is 7.98. The van der Waals surface area contributed by atoms with E-state index in [0.717, 1.165) is 0 Å². The lowest BCUT2D eigenvalue weighted by Gasteiger charge is -2.21. The maximum atomic E-state index is 12.1. The van der Waals surface area contributed by atoms with Crippen molar-refractivity contribution in [3.8, 4) is 0 Å². The first-order chi connectivity index (χ1) is 12.6. The predicted molar refractivity (Wildman–Crippen MR) is 102 cm³/mol. The third-order valence-electron chi connectivity index (χ3n) is 3.55. The van der Waals surface area contributed by atoms with Gasteiger partial charge in [0.15, 0.2) is 0 Å². The smallest absolute Gasteiger partial charge is 0.326 e. The number of thioether (sulfide) groups is 1. The summed E-state index contributed by atoms with van der Waals surface area (Å²) in [4.78, 5) is 46.9. The minimum absolute atomic E-state index is 0.0269. The lowest BCUT2D eigenvalue weighted by molar-refractivity contribution is -0.143. The Morgan fingerprint density at radius 2 is 1.70 bits per heavy atom. The van der Waals surface area contributed by atoms with Gasteiger partial charge in [0.25, 0.3) is 0 Å². The number of hydrogen-bond donors (Lipinski definition) is 6. The average Bonchev–Trinajstić information content (AvgIpc) is 2.60. The summed E-state index contributed by atoms with van der Waals surface area (Å²) in [6, 6.07) is -3.19. The second kappa shape index (κ2) is 13.3. The van der Waals surface area contributed by atoms with Gasteiger partial charge >= 0.3 is 5.97 Å². The lowest BCUT2D eigenvalue weighted by atomic mass is 10.0. The number of aliphatic carboxylic acids is 1. The normalized spacial score (nSPS) is 14.1. The van der Waals surface area contributed by atoms with E-state index in [1.54, 1.807) is 25.6 Å². The van der Waals surface area contributed by atoms with Crippen molar-refractivity contribution in [2.45, 2.75) is 44.8 Å². The maximum absolute atomic E-state index is 12.1. The third-order valence-corrected chi connectivity index (χ3v) is 4.19. The molecule has 0 aliphatic heterocycles.